The fraction of sp³-hybridized carbons (Fsp3) is 0.750. The molecule has 14 heavy (non-hydrogen) atoms. The number of nitrogens with zero attached hydrogens (tertiary/aromatic N) is 1. The third-order valence-electron chi connectivity index (χ3n) is 1.70. The minimum Gasteiger partial charge on any atom is -0.320 e. The minimum absolute atomic E-state index is 0.0821. The Bertz CT molecular complexity index is 167. The van der Waals surface area contributed by atoms with E-state index in [-0.39, 0.29) is 5.91 Å². The summed E-state index contributed by atoms with van der Waals surface area (Å²) in [5, 5.41) is 0. The molecule has 0 aliphatic carbocycles. The molecule has 0 aliphatic rings. The number of allylic oxidation sites excluding steroid dienone is 2. The summed E-state index contributed by atoms with van der Waals surface area (Å²) in [6.07, 6.45) is 0. The Balaban J connectivity index is -0.000000266. The Kier molecular flexibility index (Phi) is 16.5. The smallest absolute Gasteiger partial charge is 0.223 e. The largest absolute Gasteiger partial charge is 0.320 e. The summed E-state index contributed by atoms with van der Waals surface area (Å²) in [4.78, 5) is 12.4. The molecule has 0 atom stereocenters. The van der Waals surface area contributed by atoms with Gasteiger partial charge >= 0.3 is 0 Å². The van der Waals surface area contributed by atoms with Gasteiger partial charge < -0.3 is 4.90 Å². The van der Waals surface area contributed by atoms with Crippen LogP contribution in [-0.2, 0) is 4.79 Å². The molecule has 0 fully saturated rings. The van der Waals surface area contributed by atoms with E-state index < -0.39 is 0 Å². The molecule has 0 saturated heterocycles. The summed E-state index contributed by atoms with van der Waals surface area (Å²) < 4.78 is 0. The predicted octanol–water partition coefficient (Wildman–Crippen LogP) is 3.83. The van der Waals surface area contributed by atoms with Gasteiger partial charge in [-0.25, -0.2) is 0 Å². The quantitative estimate of drug-likeness (QED) is 0.631. The summed E-state index contributed by atoms with van der Waals surface area (Å²) in [6, 6.07) is 0. The summed E-state index contributed by atoms with van der Waals surface area (Å²) >= 11 is 0. The van der Waals surface area contributed by atoms with Gasteiger partial charge in [-0.1, -0.05) is 33.3 Å². The topological polar surface area (TPSA) is 20.3 Å². The zero-order chi connectivity index (χ0) is 12.3. The molecule has 0 bridgehead atoms. The van der Waals surface area contributed by atoms with Crippen molar-refractivity contribution in [2.24, 2.45) is 0 Å². The molecule has 0 aromatic heterocycles. The summed E-state index contributed by atoms with van der Waals surface area (Å²) in [7, 11) is 1.78. The first-order chi connectivity index (χ1) is 6.46. The van der Waals surface area contributed by atoms with Gasteiger partial charge in [0, 0.05) is 19.7 Å². The number of carbonyl (C=O) groups is 1. The van der Waals surface area contributed by atoms with Crippen LogP contribution in [0.25, 0.3) is 0 Å². The van der Waals surface area contributed by atoms with Crippen LogP contribution in [0.5, 0.6) is 0 Å². The summed E-state index contributed by atoms with van der Waals surface area (Å²) in [5.41, 5.74) is 2.21. The standard InChI is InChI=1S/C8H15NO.2C2H6/c1-6(2)7(3)9(5)8(4)10;2*1-2/h1-5H3;2*1-2H3. The zero-order valence-corrected chi connectivity index (χ0v) is 11.4. The molecule has 0 aliphatic heterocycles. The highest BCUT2D eigenvalue weighted by Crippen LogP contribution is 2.05. The third-order valence-corrected chi connectivity index (χ3v) is 1.70. The highest BCUT2D eigenvalue weighted by atomic mass is 16.2. The normalized spacial score (nSPS) is 7.21. The molecule has 0 radical (unpaired) electrons. The van der Waals surface area contributed by atoms with Gasteiger partial charge in [0.15, 0.2) is 0 Å². The number of rotatable bonds is 1. The van der Waals surface area contributed by atoms with Crippen molar-refractivity contribution in [2.75, 3.05) is 7.05 Å². The average molecular weight is 201 g/mol. The van der Waals surface area contributed by atoms with Crippen LogP contribution in [-0.4, -0.2) is 17.9 Å². The van der Waals surface area contributed by atoms with Crippen molar-refractivity contribution in [1.82, 2.24) is 4.90 Å². The number of hydrogen-bond acceptors (Lipinski definition) is 1. The van der Waals surface area contributed by atoms with Gasteiger partial charge in [-0.15, -0.1) is 0 Å². The highest BCUT2D eigenvalue weighted by molar-refractivity contribution is 5.74. The first-order valence-corrected chi connectivity index (χ1v) is 5.35. The average Bonchev–Trinajstić information content (AvgIpc) is 2.21. The SMILES string of the molecule is CC.CC.CC(=O)N(C)C(C)=C(C)C. The van der Waals surface area contributed by atoms with Crippen molar-refractivity contribution in [3.63, 3.8) is 0 Å². The molecule has 0 saturated carbocycles. The van der Waals surface area contributed by atoms with Crippen LogP contribution in [0.3, 0.4) is 0 Å². The Hall–Kier alpha value is -0.790. The molecule has 0 aromatic carbocycles. The van der Waals surface area contributed by atoms with E-state index in [1.807, 2.05) is 48.5 Å². The molecule has 0 heterocycles. The molecule has 0 N–H and O–H groups in total. The lowest BCUT2D eigenvalue weighted by Gasteiger charge is -2.16. The predicted molar refractivity (Wildman–Crippen MR) is 65.2 cm³/mol. The van der Waals surface area contributed by atoms with E-state index in [9.17, 15) is 4.79 Å². The van der Waals surface area contributed by atoms with Gasteiger partial charge in [-0.05, 0) is 20.8 Å². The van der Waals surface area contributed by atoms with E-state index in [2.05, 4.69) is 0 Å². The summed E-state index contributed by atoms with van der Waals surface area (Å²) in [6.45, 7) is 15.5. The van der Waals surface area contributed by atoms with Crippen molar-refractivity contribution in [2.45, 2.75) is 55.4 Å². The fourth-order valence-corrected chi connectivity index (χ4v) is 0.572. The van der Waals surface area contributed by atoms with Gasteiger partial charge in [0.25, 0.3) is 0 Å². The van der Waals surface area contributed by atoms with E-state index in [0.29, 0.717) is 0 Å². The molecule has 0 unspecified atom stereocenters. The van der Waals surface area contributed by atoms with Gasteiger partial charge in [0.2, 0.25) is 5.91 Å². The molecule has 0 aromatic rings. The Morgan fingerprint density at radius 2 is 1.14 bits per heavy atom. The van der Waals surface area contributed by atoms with Gasteiger partial charge in [0.1, 0.15) is 0 Å². The van der Waals surface area contributed by atoms with Crippen molar-refractivity contribution in [1.29, 1.82) is 0 Å². The summed E-state index contributed by atoms with van der Waals surface area (Å²) in [5.74, 6) is 0.0821. The van der Waals surface area contributed by atoms with Crippen LogP contribution in [0.2, 0.25) is 0 Å². The van der Waals surface area contributed by atoms with Gasteiger partial charge in [0.05, 0.1) is 0 Å². The van der Waals surface area contributed by atoms with Crippen molar-refractivity contribution in [3.05, 3.63) is 11.3 Å². The van der Waals surface area contributed by atoms with Crippen LogP contribution in [0.4, 0.5) is 0 Å². The van der Waals surface area contributed by atoms with Crippen LogP contribution in [0.15, 0.2) is 11.3 Å². The van der Waals surface area contributed by atoms with E-state index >= 15 is 0 Å². The maximum absolute atomic E-state index is 10.8. The lowest BCUT2D eigenvalue weighted by Crippen LogP contribution is -2.22. The maximum Gasteiger partial charge on any atom is 0.223 e. The first-order valence-electron chi connectivity index (χ1n) is 5.35. The second kappa shape index (κ2) is 12.2. The Morgan fingerprint density at radius 3 is 1.21 bits per heavy atom. The Morgan fingerprint density at radius 1 is 0.857 bits per heavy atom. The van der Waals surface area contributed by atoms with Crippen LogP contribution in [0, 0.1) is 0 Å². The lowest BCUT2D eigenvalue weighted by atomic mass is 10.2. The second-order valence-corrected chi connectivity index (χ2v) is 2.66. The number of amides is 1. The lowest BCUT2D eigenvalue weighted by molar-refractivity contribution is -0.125. The van der Waals surface area contributed by atoms with E-state index in [0.717, 1.165) is 5.70 Å². The van der Waals surface area contributed by atoms with E-state index in [4.69, 9.17) is 0 Å². The molecule has 86 valence electrons. The minimum atomic E-state index is 0.0821. The van der Waals surface area contributed by atoms with Crippen molar-refractivity contribution in [3.8, 4) is 0 Å². The van der Waals surface area contributed by atoms with E-state index in [1.165, 1.54) is 5.57 Å². The van der Waals surface area contributed by atoms with E-state index in [1.54, 1.807) is 18.9 Å². The van der Waals surface area contributed by atoms with Gasteiger partial charge in [-0.2, -0.15) is 0 Å². The maximum atomic E-state index is 10.8. The number of hydrogen-bond donors (Lipinski definition) is 0. The third kappa shape index (κ3) is 9.30. The molecule has 0 rings (SSSR count). The second-order valence-electron chi connectivity index (χ2n) is 2.66. The van der Waals surface area contributed by atoms with Crippen LogP contribution < -0.4 is 0 Å². The molecule has 2 heteroatoms. The van der Waals surface area contributed by atoms with Gasteiger partial charge in [-0.3, -0.25) is 4.79 Å². The first kappa shape index (κ1) is 18.9. The van der Waals surface area contributed by atoms with Crippen LogP contribution in [0.1, 0.15) is 55.4 Å². The molecule has 0 spiro atoms. The molecule has 2 nitrogen and oxygen atoms in total. The molecular weight excluding hydrogens is 174 g/mol. The number of carbonyl (C=O) groups excluding carboxylic acids is 1. The monoisotopic (exact) mass is 201 g/mol. The fourth-order valence-electron chi connectivity index (χ4n) is 0.572. The molecule has 1 amide bonds. The highest BCUT2D eigenvalue weighted by Gasteiger charge is 2.03. The zero-order valence-electron chi connectivity index (χ0n) is 11.4. The van der Waals surface area contributed by atoms with Crippen molar-refractivity contribution < 1.29 is 4.79 Å². The van der Waals surface area contributed by atoms with Crippen LogP contribution >= 0.6 is 0 Å². The Labute approximate surface area is 90.0 Å². The molecular formula is C12H27NO. The van der Waals surface area contributed by atoms with Crippen molar-refractivity contribution >= 4 is 5.91 Å².